The lowest BCUT2D eigenvalue weighted by Gasteiger charge is -2.19. The Kier molecular flexibility index (Phi) is 8.71. The number of nitrogens with zero attached hydrogens (tertiary/aromatic N) is 5. The second-order valence-electron chi connectivity index (χ2n) is 7.88. The first-order valence-corrected chi connectivity index (χ1v) is 11.3. The highest BCUT2D eigenvalue weighted by Crippen LogP contribution is 2.15. The van der Waals surface area contributed by atoms with Crippen LogP contribution in [0.15, 0.2) is 58.2 Å². The molecule has 0 bridgehead atoms. The molecule has 3 rings (SSSR count). The van der Waals surface area contributed by atoms with Crippen LogP contribution in [-0.4, -0.2) is 47.4 Å². The number of para-hydroxylation sites is 1. The number of nitrogens with one attached hydrogen (secondary N) is 2. The van der Waals surface area contributed by atoms with E-state index in [4.69, 9.17) is 9.41 Å². The minimum Gasteiger partial charge on any atom is -0.464 e. The lowest BCUT2D eigenvalue weighted by atomic mass is 10.2. The molecule has 2 heterocycles. The Hall–Kier alpha value is -3.29. The van der Waals surface area contributed by atoms with E-state index in [2.05, 4.69) is 75.5 Å². The normalized spacial score (nSPS) is 12.6. The summed E-state index contributed by atoms with van der Waals surface area (Å²) in [5.41, 5.74) is 1.22. The van der Waals surface area contributed by atoms with Gasteiger partial charge in [0.1, 0.15) is 23.7 Å². The Morgan fingerprint density at radius 2 is 2.03 bits per heavy atom. The van der Waals surface area contributed by atoms with Crippen molar-refractivity contribution in [2.45, 2.75) is 46.2 Å². The molecule has 2 N–H and O–H groups in total. The highest BCUT2D eigenvalue weighted by molar-refractivity contribution is 5.80. The number of guanidine groups is 1. The molecule has 0 amide bonds. The Balaban J connectivity index is 1.55. The quantitative estimate of drug-likeness (QED) is 0.271. The zero-order valence-corrected chi connectivity index (χ0v) is 19.6. The van der Waals surface area contributed by atoms with Crippen LogP contribution < -0.4 is 15.5 Å². The summed E-state index contributed by atoms with van der Waals surface area (Å²) in [5, 5.41) is 15.1. The van der Waals surface area contributed by atoms with Crippen LogP contribution in [-0.2, 0) is 13.0 Å². The molecule has 172 valence electrons. The second kappa shape index (κ2) is 11.9. The summed E-state index contributed by atoms with van der Waals surface area (Å²) < 4.78 is 7.84. The number of hydrogen-bond donors (Lipinski definition) is 2. The SMILES string of the molecule is CCc1nncn1CCNC(=NCCCN(C)c1ccccc1)NC(C)c1ccc(C)o1. The maximum absolute atomic E-state index is 5.77. The molecule has 1 aromatic carbocycles. The molecule has 0 saturated carbocycles. The number of aromatic nitrogens is 3. The predicted octanol–water partition coefficient (Wildman–Crippen LogP) is 3.56. The zero-order chi connectivity index (χ0) is 22.8. The summed E-state index contributed by atoms with van der Waals surface area (Å²) in [6.45, 7) is 9.29. The van der Waals surface area contributed by atoms with Crippen molar-refractivity contribution in [2.75, 3.05) is 31.6 Å². The van der Waals surface area contributed by atoms with E-state index >= 15 is 0 Å². The standard InChI is InChI=1S/C24H35N7O/c1-5-23-29-27-18-31(23)17-15-26-24(28-20(3)22-13-12-19(2)32-22)25-14-9-16-30(4)21-10-7-6-8-11-21/h6-8,10-13,18,20H,5,9,14-17H2,1-4H3,(H2,25,26,28). The lowest BCUT2D eigenvalue weighted by molar-refractivity contribution is 0.440. The molecule has 2 aromatic heterocycles. The van der Waals surface area contributed by atoms with Gasteiger partial charge in [-0.3, -0.25) is 4.99 Å². The summed E-state index contributed by atoms with van der Waals surface area (Å²) in [5.74, 6) is 3.57. The number of aryl methyl sites for hydroxylation is 2. The van der Waals surface area contributed by atoms with Crippen LogP contribution in [0.2, 0.25) is 0 Å². The van der Waals surface area contributed by atoms with Gasteiger partial charge >= 0.3 is 0 Å². The number of anilines is 1. The fraction of sp³-hybridized carbons (Fsp3) is 0.458. The molecule has 32 heavy (non-hydrogen) atoms. The molecule has 0 saturated heterocycles. The fourth-order valence-corrected chi connectivity index (χ4v) is 3.46. The van der Waals surface area contributed by atoms with Crippen molar-refractivity contribution in [3.05, 3.63) is 66.1 Å². The molecule has 0 spiro atoms. The summed E-state index contributed by atoms with van der Waals surface area (Å²) in [4.78, 5) is 7.06. The lowest BCUT2D eigenvalue weighted by Crippen LogP contribution is -2.40. The third kappa shape index (κ3) is 6.87. The van der Waals surface area contributed by atoms with Crippen molar-refractivity contribution >= 4 is 11.6 Å². The molecule has 0 aliphatic heterocycles. The van der Waals surface area contributed by atoms with E-state index in [-0.39, 0.29) is 6.04 Å². The zero-order valence-electron chi connectivity index (χ0n) is 19.6. The van der Waals surface area contributed by atoms with Crippen LogP contribution in [0.3, 0.4) is 0 Å². The Bertz CT molecular complexity index is 964. The highest BCUT2D eigenvalue weighted by atomic mass is 16.3. The molecule has 0 aliphatic carbocycles. The van der Waals surface area contributed by atoms with Crippen LogP contribution in [0.1, 0.15) is 43.7 Å². The van der Waals surface area contributed by atoms with Gasteiger partial charge in [-0.05, 0) is 44.5 Å². The van der Waals surface area contributed by atoms with Gasteiger partial charge in [-0.2, -0.15) is 0 Å². The van der Waals surface area contributed by atoms with Gasteiger partial charge in [0.2, 0.25) is 0 Å². The van der Waals surface area contributed by atoms with Gasteiger partial charge in [-0.1, -0.05) is 25.1 Å². The minimum absolute atomic E-state index is 0.0167. The molecule has 0 fully saturated rings. The van der Waals surface area contributed by atoms with Gasteiger partial charge in [0, 0.05) is 45.3 Å². The minimum atomic E-state index is 0.0167. The maximum atomic E-state index is 5.77. The van der Waals surface area contributed by atoms with E-state index in [9.17, 15) is 0 Å². The smallest absolute Gasteiger partial charge is 0.191 e. The molecular weight excluding hydrogens is 402 g/mol. The Labute approximate surface area is 190 Å². The number of rotatable bonds is 11. The van der Waals surface area contributed by atoms with Gasteiger partial charge in [0.05, 0.1) is 6.04 Å². The van der Waals surface area contributed by atoms with Gasteiger partial charge < -0.3 is 24.5 Å². The monoisotopic (exact) mass is 437 g/mol. The van der Waals surface area contributed by atoms with Gasteiger partial charge in [0.25, 0.3) is 0 Å². The fourth-order valence-electron chi connectivity index (χ4n) is 3.46. The van der Waals surface area contributed by atoms with E-state index in [1.54, 1.807) is 6.33 Å². The Morgan fingerprint density at radius 3 is 2.75 bits per heavy atom. The van der Waals surface area contributed by atoms with Crippen LogP contribution in [0.25, 0.3) is 0 Å². The van der Waals surface area contributed by atoms with E-state index in [0.717, 1.165) is 62.3 Å². The third-order valence-electron chi connectivity index (χ3n) is 5.32. The van der Waals surface area contributed by atoms with E-state index in [1.165, 1.54) is 5.69 Å². The number of benzene rings is 1. The van der Waals surface area contributed by atoms with Crippen molar-refractivity contribution in [2.24, 2.45) is 4.99 Å². The van der Waals surface area contributed by atoms with Crippen LogP contribution in [0.5, 0.6) is 0 Å². The predicted molar refractivity (Wildman–Crippen MR) is 129 cm³/mol. The molecule has 8 heteroatoms. The number of hydrogen-bond acceptors (Lipinski definition) is 5. The second-order valence-corrected chi connectivity index (χ2v) is 7.88. The van der Waals surface area contributed by atoms with Gasteiger partial charge in [0.15, 0.2) is 5.96 Å². The Morgan fingerprint density at radius 1 is 1.22 bits per heavy atom. The number of aliphatic imine (C=N–C) groups is 1. The van der Waals surface area contributed by atoms with Crippen molar-refractivity contribution in [1.82, 2.24) is 25.4 Å². The van der Waals surface area contributed by atoms with Crippen LogP contribution in [0.4, 0.5) is 5.69 Å². The molecule has 0 aliphatic rings. The van der Waals surface area contributed by atoms with E-state index < -0.39 is 0 Å². The van der Waals surface area contributed by atoms with Crippen LogP contribution in [0, 0.1) is 6.92 Å². The molecule has 1 atom stereocenters. The van der Waals surface area contributed by atoms with Crippen molar-refractivity contribution in [3.63, 3.8) is 0 Å². The first-order chi connectivity index (χ1) is 15.6. The first-order valence-electron chi connectivity index (χ1n) is 11.3. The van der Waals surface area contributed by atoms with Crippen molar-refractivity contribution in [1.29, 1.82) is 0 Å². The van der Waals surface area contributed by atoms with Crippen molar-refractivity contribution in [3.8, 4) is 0 Å². The molecule has 8 nitrogen and oxygen atoms in total. The average molecular weight is 438 g/mol. The highest BCUT2D eigenvalue weighted by Gasteiger charge is 2.12. The maximum Gasteiger partial charge on any atom is 0.191 e. The molecule has 0 radical (unpaired) electrons. The first kappa shape index (κ1) is 23.4. The molecular formula is C24H35N7O. The molecule has 3 aromatic rings. The number of furan rings is 1. The summed E-state index contributed by atoms with van der Waals surface area (Å²) in [6, 6.07) is 14.4. The summed E-state index contributed by atoms with van der Waals surface area (Å²) >= 11 is 0. The summed E-state index contributed by atoms with van der Waals surface area (Å²) in [7, 11) is 2.11. The summed E-state index contributed by atoms with van der Waals surface area (Å²) in [6.07, 6.45) is 3.60. The molecule has 1 unspecified atom stereocenters. The van der Waals surface area contributed by atoms with Crippen LogP contribution >= 0.6 is 0 Å². The van der Waals surface area contributed by atoms with Gasteiger partial charge in [-0.25, -0.2) is 0 Å². The third-order valence-corrected chi connectivity index (χ3v) is 5.32. The van der Waals surface area contributed by atoms with E-state index in [0.29, 0.717) is 0 Å². The largest absolute Gasteiger partial charge is 0.464 e. The van der Waals surface area contributed by atoms with E-state index in [1.807, 2.05) is 25.1 Å². The topological polar surface area (TPSA) is 83.5 Å². The van der Waals surface area contributed by atoms with Gasteiger partial charge in [-0.15, -0.1) is 10.2 Å². The average Bonchev–Trinajstić information content (AvgIpc) is 3.45. The van der Waals surface area contributed by atoms with Crippen molar-refractivity contribution < 1.29 is 4.42 Å².